The molecule has 4 nitrogen and oxygen atoms in total. The van der Waals surface area contributed by atoms with E-state index < -0.39 is 48.6 Å². The lowest BCUT2D eigenvalue weighted by molar-refractivity contribution is -0.225. The standard InChI is InChI=1S/C18H19F3O4/c1-3-7-14-16(13(18(19,20)21)10-15(22)25-14)17(23)24-11(2)12-8-5-4-6-9-12/h3-9,11,13-14,16H,10H2,1-2H3/b7-3+/t11-,13?,14?,16?/m0/s1. The van der Waals surface area contributed by atoms with E-state index in [1.807, 2.05) is 0 Å². The molecular formula is C18H19F3O4. The van der Waals surface area contributed by atoms with Crippen molar-refractivity contribution in [2.24, 2.45) is 11.8 Å². The fourth-order valence-electron chi connectivity index (χ4n) is 2.82. The first-order valence-corrected chi connectivity index (χ1v) is 7.88. The maximum Gasteiger partial charge on any atom is 0.393 e. The Balaban J connectivity index is 2.26. The number of hydrogen-bond acceptors (Lipinski definition) is 4. The normalized spacial score (nSPS) is 25.5. The number of esters is 2. The Morgan fingerprint density at radius 2 is 1.96 bits per heavy atom. The fraction of sp³-hybridized carbons (Fsp3) is 0.444. The van der Waals surface area contributed by atoms with Crippen LogP contribution in [0.5, 0.6) is 0 Å². The van der Waals surface area contributed by atoms with Crippen molar-refractivity contribution >= 4 is 11.9 Å². The zero-order chi connectivity index (χ0) is 18.6. The zero-order valence-electron chi connectivity index (χ0n) is 13.8. The molecule has 0 amide bonds. The van der Waals surface area contributed by atoms with Crippen LogP contribution in [0.3, 0.4) is 0 Å². The van der Waals surface area contributed by atoms with Gasteiger partial charge in [-0.25, -0.2) is 0 Å². The zero-order valence-corrected chi connectivity index (χ0v) is 13.8. The van der Waals surface area contributed by atoms with Gasteiger partial charge in [0, 0.05) is 0 Å². The molecule has 0 radical (unpaired) electrons. The van der Waals surface area contributed by atoms with Crippen molar-refractivity contribution in [2.45, 2.75) is 38.7 Å². The first kappa shape index (κ1) is 19.0. The van der Waals surface area contributed by atoms with Crippen LogP contribution in [-0.2, 0) is 19.1 Å². The number of benzene rings is 1. The molecule has 25 heavy (non-hydrogen) atoms. The van der Waals surface area contributed by atoms with Gasteiger partial charge in [-0.2, -0.15) is 13.2 Å². The van der Waals surface area contributed by atoms with Crippen molar-refractivity contribution in [1.29, 1.82) is 0 Å². The Hall–Kier alpha value is -2.31. The molecule has 1 heterocycles. The van der Waals surface area contributed by atoms with E-state index in [9.17, 15) is 22.8 Å². The van der Waals surface area contributed by atoms with Crippen molar-refractivity contribution in [1.82, 2.24) is 0 Å². The molecule has 1 aliphatic rings. The van der Waals surface area contributed by atoms with E-state index in [4.69, 9.17) is 9.47 Å². The number of rotatable bonds is 4. The summed E-state index contributed by atoms with van der Waals surface area (Å²) in [5.41, 5.74) is 0.662. The molecule has 4 atom stereocenters. The molecule has 0 spiro atoms. The van der Waals surface area contributed by atoms with Gasteiger partial charge in [-0.05, 0) is 25.5 Å². The molecule has 1 fully saturated rings. The van der Waals surface area contributed by atoms with Crippen LogP contribution in [-0.4, -0.2) is 24.2 Å². The molecule has 7 heteroatoms. The molecule has 0 N–H and O–H groups in total. The molecule has 136 valence electrons. The monoisotopic (exact) mass is 356 g/mol. The van der Waals surface area contributed by atoms with Gasteiger partial charge < -0.3 is 9.47 Å². The lowest BCUT2D eigenvalue weighted by atomic mass is 9.82. The van der Waals surface area contributed by atoms with Crippen molar-refractivity contribution < 1.29 is 32.2 Å². The topological polar surface area (TPSA) is 52.6 Å². The predicted octanol–water partition coefficient (Wildman–Crippen LogP) is 3.98. The average Bonchev–Trinajstić information content (AvgIpc) is 2.54. The van der Waals surface area contributed by atoms with Gasteiger partial charge in [0.15, 0.2) is 0 Å². The van der Waals surface area contributed by atoms with E-state index in [-0.39, 0.29) is 0 Å². The van der Waals surface area contributed by atoms with E-state index in [0.717, 1.165) is 0 Å². The van der Waals surface area contributed by atoms with Crippen LogP contribution in [0.4, 0.5) is 13.2 Å². The van der Waals surface area contributed by atoms with Gasteiger partial charge in [0.05, 0.1) is 12.3 Å². The lowest BCUT2D eigenvalue weighted by Gasteiger charge is -2.35. The molecule has 3 unspecified atom stereocenters. The summed E-state index contributed by atoms with van der Waals surface area (Å²) in [6.07, 6.45) is -4.90. The minimum atomic E-state index is -4.71. The van der Waals surface area contributed by atoms with Crippen molar-refractivity contribution in [3.05, 3.63) is 48.0 Å². The number of carbonyl (C=O) groups is 2. The highest BCUT2D eigenvalue weighted by atomic mass is 19.4. The molecule has 0 aromatic heterocycles. The first-order valence-electron chi connectivity index (χ1n) is 7.88. The van der Waals surface area contributed by atoms with Crippen molar-refractivity contribution in [3.8, 4) is 0 Å². The maximum atomic E-state index is 13.4. The third-order valence-corrected chi connectivity index (χ3v) is 4.08. The van der Waals surface area contributed by atoms with Crippen LogP contribution < -0.4 is 0 Å². The average molecular weight is 356 g/mol. The third kappa shape index (κ3) is 4.61. The lowest BCUT2D eigenvalue weighted by Crippen LogP contribution is -2.48. The molecule has 0 aliphatic carbocycles. The molecule has 0 saturated carbocycles. The van der Waals surface area contributed by atoms with Crippen molar-refractivity contribution in [3.63, 3.8) is 0 Å². The largest absolute Gasteiger partial charge is 0.457 e. The Kier molecular flexibility index (Phi) is 5.87. The Labute approximate surface area is 143 Å². The van der Waals surface area contributed by atoms with E-state index in [1.165, 1.54) is 12.2 Å². The van der Waals surface area contributed by atoms with Gasteiger partial charge in [0.1, 0.15) is 18.1 Å². The van der Waals surface area contributed by atoms with Gasteiger partial charge in [-0.3, -0.25) is 9.59 Å². The molecule has 2 rings (SSSR count). The number of halogens is 3. The highest BCUT2D eigenvalue weighted by molar-refractivity contribution is 5.79. The molecule has 1 saturated heterocycles. The third-order valence-electron chi connectivity index (χ3n) is 4.08. The first-order chi connectivity index (χ1) is 11.7. The summed E-state index contributed by atoms with van der Waals surface area (Å²) in [5.74, 6) is -5.77. The van der Waals surface area contributed by atoms with Gasteiger partial charge in [0.25, 0.3) is 0 Å². The molecule has 1 aliphatic heterocycles. The van der Waals surface area contributed by atoms with Crippen LogP contribution >= 0.6 is 0 Å². The van der Waals surface area contributed by atoms with E-state index in [0.29, 0.717) is 5.56 Å². The van der Waals surface area contributed by atoms with Gasteiger partial charge in [-0.1, -0.05) is 36.4 Å². The summed E-state index contributed by atoms with van der Waals surface area (Å²) in [4.78, 5) is 24.0. The highest BCUT2D eigenvalue weighted by Gasteiger charge is 2.55. The molecule has 1 aromatic rings. The Bertz CT molecular complexity index is 639. The number of cyclic esters (lactones) is 1. The minimum absolute atomic E-state index is 0.662. The number of alkyl halides is 3. The maximum absolute atomic E-state index is 13.4. The summed E-state index contributed by atoms with van der Waals surface area (Å²) < 4.78 is 50.3. The van der Waals surface area contributed by atoms with Crippen LogP contribution in [0.1, 0.15) is 31.9 Å². The van der Waals surface area contributed by atoms with Crippen LogP contribution in [0, 0.1) is 11.8 Å². The second-order valence-electron chi connectivity index (χ2n) is 5.85. The number of hydrogen-bond donors (Lipinski definition) is 0. The SMILES string of the molecule is C/C=C/C1OC(=O)CC(C(F)(F)F)C1C(=O)O[C@@H](C)c1ccccc1. The molecular weight excluding hydrogens is 337 g/mol. The second kappa shape index (κ2) is 7.72. The highest BCUT2D eigenvalue weighted by Crippen LogP contribution is 2.41. The van der Waals surface area contributed by atoms with Crippen LogP contribution in [0.2, 0.25) is 0 Å². The Morgan fingerprint density at radius 1 is 1.32 bits per heavy atom. The van der Waals surface area contributed by atoms with E-state index in [1.54, 1.807) is 44.2 Å². The number of allylic oxidation sites excluding steroid dienone is 1. The second-order valence-corrected chi connectivity index (χ2v) is 5.85. The summed E-state index contributed by atoms with van der Waals surface area (Å²) >= 11 is 0. The van der Waals surface area contributed by atoms with E-state index >= 15 is 0 Å². The minimum Gasteiger partial charge on any atom is -0.457 e. The Morgan fingerprint density at radius 3 is 2.52 bits per heavy atom. The van der Waals surface area contributed by atoms with Crippen LogP contribution in [0.25, 0.3) is 0 Å². The summed E-state index contributed by atoms with van der Waals surface area (Å²) in [6.45, 7) is 3.15. The smallest absolute Gasteiger partial charge is 0.393 e. The summed E-state index contributed by atoms with van der Waals surface area (Å²) in [5, 5.41) is 0. The van der Waals surface area contributed by atoms with Gasteiger partial charge in [0.2, 0.25) is 0 Å². The fourth-order valence-corrected chi connectivity index (χ4v) is 2.82. The molecule has 1 aromatic carbocycles. The number of ether oxygens (including phenoxy) is 2. The predicted molar refractivity (Wildman–Crippen MR) is 83.3 cm³/mol. The molecule has 0 bridgehead atoms. The summed E-state index contributed by atoms with van der Waals surface area (Å²) in [7, 11) is 0. The van der Waals surface area contributed by atoms with E-state index in [2.05, 4.69) is 0 Å². The van der Waals surface area contributed by atoms with Gasteiger partial charge in [-0.15, -0.1) is 0 Å². The van der Waals surface area contributed by atoms with Crippen molar-refractivity contribution in [2.75, 3.05) is 0 Å². The summed E-state index contributed by atoms with van der Waals surface area (Å²) in [6, 6.07) is 8.68. The van der Waals surface area contributed by atoms with Gasteiger partial charge >= 0.3 is 18.1 Å². The van der Waals surface area contributed by atoms with Crippen LogP contribution in [0.15, 0.2) is 42.5 Å². The number of carbonyl (C=O) groups excluding carboxylic acids is 2. The quantitative estimate of drug-likeness (QED) is 0.605.